The van der Waals surface area contributed by atoms with E-state index in [0.29, 0.717) is 41.9 Å². The first-order chi connectivity index (χ1) is 23.5. The molecular weight excluding hydrogens is 661 g/mol. The zero-order valence-electron chi connectivity index (χ0n) is 26.4. The summed E-state index contributed by atoms with van der Waals surface area (Å²) in [6.07, 6.45) is 0.806. The molecule has 1 fully saturated rings. The molecule has 0 spiro atoms. The Bertz CT molecular complexity index is 1730. The van der Waals surface area contributed by atoms with Crippen molar-refractivity contribution in [1.29, 1.82) is 0 Å². The Kier molecular flexibility index (Phi) is 11.8. The minimum Gasteiger partial charge on any atom is -0.465 e. The van der Waals surface area contributed by atoms with Crippen LogP contribution in [0.4, 0.5) is 28.9 Å². The van der Waals surface area contributed by atoms with Gasteiger partial charge in [-0.2, -0.15) is 0 Å². The smallest absolute Gasteiger partial charge is 0.465 e. The van der Waals surface area contributed by atoms with E-state index in [4.69, 9.17) is 5.11 Å². The number of aryl methyl sites for hydroxylation is 2. The average molecular weight is 697 g/mol. The highest BCUT2D eigenvalue weighted by Crippen LogP contribution is 2.28. The third kappa shape index (κ3) is 11.3. The quantitative estimate of drug-likeness (QED) is 0.132. The molecule has 0 atom stereocenters. The standard InChI is InChI=1S/C34H35F3N6O5S/c35-34(36,37)48-27-6-3-5-24(18-27)20-29(44)39-28-13-10-23(21-38-28)4-1-2-7-31-41-42-32(49-31)40-30(45)19-22-8-11-25(12-9-22)26-14-16-43(17-15-26)33(46)47/h3,5-6,8-13,18,21,26H,1-2,4,7,14-17,19-20H2,(H,46,47)(H,38,39,44)(H,40,42,45). The molecule has 4 aromatic rings. The number of anilines is 2. The van der Waals surface area contributed by atoms with Crippen LogP contribution < -0.4 is 15.4 Å². The largest absolute Gasteiger partial charge is 0.573 e. The number of carboxylic acid groups (broad SMARTS) is 1. The van der Waals surface area contributed by atoms with E-state index < -0.39 is 18.4 Å². The van der Waals surface area contributed by atoms with Crippen LogP contribution in [0.15, 0.2) is 66.9 Å². The third-order valence-corrected chi connectivity index (χ3v) is 8.89. The molecule has 0 aliphatic carbocycles. The van der Waals surface area contributed by atoms with Gasteiger partial charge in [-0.1, -0.05) is 53.8 Å². The maximum atomic E-state index is 12.6. The van der Waals surface area contributed by atoms with Crippen LogP contribution in [0.2, 0.25) is 0 Å². The van der Waals surface area contributed by atoms with Crippen LogP contribution in [-0.4, -0.2) is 62.5 Å². The second-order valence-corrected chi connectivity index (χ2v) is 12.8. The first kappa shape index (κ1) is 35.3. The predicted octanol–water partition coefficient (Wildman–Crippen LogP) is 6.62. The first-order valence-corrected chi connectivity index (χ1v) is 16.6. The first-order valence-electron chi connectivity index (χ1n) is 15.8. The van der Waals surface area contributed by atoms with Gasteiger partial charge in [-0.3, -0.25) is 9.59 Å². The summed E-state index contributed by atoms with van der Waals surface area (Å²) in [4.78, 5) is 41.8. The number of hydrogen-bond donors (Lipinski definition) is 3. The number of unbranched alkanes of at least 4 members (excludes halogenated alkanes) is 1. The summed E-state index contributed by atoms with van der Waals surface area (Å²) in [5.41, 5.74) is 3.39. The van der Waals surface area contributed by atoms with Crippen LogP contribution >= 0.6 is 11.3 Å². The number of piperidine rings is 1. The van der Waals surface area contributed by atoms with Crippen molar-refractivity contribution >= 4 is 40.2 Å². The van der Waals surface area contributed by atoms with Crippen LogP contribution in [0.25, 0.3) is 0 Å². The molecular formula is C34H35F3N6O5S. The number of benzene rings is 2. The van der Waals surface area contributed by atoms with E-state index in [1.807, 2.05) is 30.3 Å². The number of amides is 3. The van der Waals surface area contributed by atoms with Crippen LogP contribution in [0, 0.1) is 0 Å². The number of pyridine rings is 1. The summed E-state index contributed by atoms with van der Waals surface area (Å²) in [5, 5.41) is 24.2. The summed E-state index contributed by atoms with van der Waals surface area (Å²) >= 11 is 1.34. The van der Waals surface area contributed by atoms with Crippen molar-refractivity contribution in [1.82, 2.24) is 20.1 Å². The molecule has 0 bridgehead atoms. The molecule has 15 heteroatoms. The molecule has 3 amide bonds. The Morgan fingerprint density at radius 1 is 0.878 bits per heavy atom. The Balaban J connectivity index is 0.982. The van der Waals surface area contributed by atoms with Gasteiger partial charge in [-0.05, 0) is 78.5 Å². The van der Waals surface area contributed by atoms with Crippen LogP contribution in [0.1, 0.15) is 58.9 Å². The third-order valence-electron chi connectivity index (χ3n) is 7.99. The molecule has 11 nitrogen and oxygen atoms in total. The zero-order chi connectivity index (χ0) is 34.8. The molecule has 2 aromatic heterocycles. The van der Waals surface area contributed by atoms with E-state index in [2.05, 4.69) is 30.6 Å². The van der Waals surface area contributed by atoms with Gasteiger partial charge < -0.3 is 25.4 Å². The maximum Gasteiger partial charge on any atom is 0.573 e. The van der Waals surface area contributed by atoms with Crippen molar-refractivity contribution in [3.63, 3.8) is 0 Å². The Morgan fingerprint density at radius 3 is 2.27 bits per heavy atom. The normalized spacial score (nSPS) is 13.6. The van der Waals surface area contributed by atoms with E-state index in [0.717, 1.165) is 53.8 Å². The molecule has 1 saturated heterocycles. The molecule has 1 aliphatic heterocycles. The number of nitrogens with one attached hydrogen (secondary N) is 2. The molecule has 49 heavy (non-hydrogen) atoms. The van der Waals surface area contributed by atoms with E-state index in [-0.39, 0.29) is 24.5 Å². The van der Waals surface area contributed by atoms with Gasteiger partial charge >= 0.3 is 12.5 Å². The lowest BCUT2D eigenvalue weighted by molar-refractivity contribution is -0.274. The van der Waals surface area contributed by atoms with Crippen molar-refractivity contribution in [3.8, 4) is 5.75 Å². The molecule has 3 N–H and O–H groups in total. The number of aromatic nitrogens is 3. The number of nitrogens with zero attached hydrogens (tertiary/aromatic N) is 4. The van der Waals surface area contributed by atoms with Gasteiger partial charge in [0.15, 0.2) is 0 Å². The summed E-state index contributed by atoms with van der Waals surface area (Å²) in [7, 11) is 0. The van der Waals surface area contributed by atoms with Gasteiger partial charge in [0.05, 0.1) is 12.8 Å². The lowest BCUT2D eigenvalue weighted by Crippen LogP contribution is -2.36. The fourth-order valence-corrected chi connectivity index (χ4v) is 6.34. The molecule has 0 saturated carbocycles. The number of carbonyl (C=O) groups is 3. The van der Waals surface area contributed by atoms with Gasteiger partial charge in [-0.25, -0.2) is 9.78 Å². The van der Waals surface area contributed by atoms with Gasteiger partial charge in [-0.15, -0.1) is 23.4 Å². The Hall–Kier alpha value is -5.05. The number of likely N-dealkylation sites (tertiary alicyclic amines) is 1. The highest BCUT2D eigenvalue weighted by Gasteiger charge is 2.31. The number of rotatable bonds is 13. The minimum atomic E-state index is -4.81. The molecule has 2 aromatic carbocycles. The van der Waals surface area contributed by atoms with E-state index in [1.165, 1.54) is 34.4 Å². The van der Waals surface area contributed by atoms with Gasteiger partial charge in [0, 0.05) is 25.7 Å². The summed E-state index contributed by atoms with van der Waals surface area (Å²) < 4.78 is 41.3. The highest BCUT2D eigenvalue weighted by atomic mass is 32.1. The number of hydrogen-bond acceptors (Lipinski definition) is 8. The lowest BCUT2D eigenvalue weighted by atomic mass is 9.89. The zero-order valence-corrected chi connectivity index (χ0v) is 27.2. The van der Waals surface area contributed by atoms with Gasteiger partial charge in [0.2, 0.25) is 16.9 Å². The number of alkyl halides is 3. The molecule has 1 aliphatic rings. The fourth-order valence-electron chi connectivity index (χ4n) is 5.54. The summed E-state index contributed by atoms with van der Waals surface area (Å²) in [5.74, 6) is -0.328. The number of halogens is 3. The summed E-state index contributed by atoms with van der Waals surface area (Å²) in [6.45, 7) is 1.06. The van der Waals surface area contributed by atoms with Gasteiger partial charge in [0.25, 0.3) is 0 Å². The Labute approximate surface area is 284 Å². The molecule has 3 heterocycles. The number of ether oxygens (including phenoxy) is 1. The van der Waals surface area contributed by atoms with Crippen molar-refractivity contribution in [2.24, 2.45) is 0 Å². The van der Waals surface area contributed by atoms with Gasteiger partial charge in [0.1, 0.15) is 16.6 Å². The summed E-state index contributed by atoms with van der Waals surface area (Å²) in [6, 6.07) is 16.7. The topological polar surface area (TPSA) is 147 Å². The van der Waals surface area contributed by atoms with Crippen LogP contribution in [0.3, 0.4) is 0 Å². The highest BCUT2D eigenvalue weighted by molar-refractivity contribution is 7.15. The molecule has 0 unspecified atom stereocenters. The van der Waals surface area contributed by atoms with Crippen molar-refractivity contribution in [2.45, 2.75) is 63.6 Å². The fraction of sp³-hybridized carbons (Fsp3) is 0.353. The van der Waals surface area contributed by atoms with Crippen LogP contribution in [-0.2, 0) is 35.3 Å². The van der Waals surface area contributed by atoms with E-state index in [1.54, 1.807) is 18.3 Å². The van der Waals surface area contributed by atoms with E-state index in [9.17, 15) is 27.6 Å². The monoisotopic (exact) mass is 696 g/mol. The Morgan fingerprint density at radius 2 is 1.57 bits per heavy atom. The van der Waals surface area contributed by atoms with E-state index >= 15 is 0 Å². The minimum absolute atomic E-state index is 0.136. The lowest BCUT2D eigenvalue weighted by Gasteiger charge is -2.30. The average Bonchev–Trinajstić information content (AvgIpc) is 3.50. The molecule has 258 valence electrons. The SMILES string of the molecule is O=C(Cc1cccc(OC(F)(F)F)c1)Nc1ccc(CCCCc2nnc(NC(=O)Cc3ccc(C4CCN(C(=O)O)CC4)cc3)s2)cn1. The molecule has 0 radical (unpaired) electrons. The van der Waals surface area contributed by atoms with Crippen LogP contribution in [0.5, 0.6) is 5.75 Å². The second-order valence-electron chi connectivity index (χ2n) is 11.7. The number of carbonyl (C=O) groups excluding carboxylic acids is 2. The molecule has 5 rings (SSSR count). The van der Waals surface area contributed by atoms with Crippen molar-refractivity contribution in [2.75, 3.05) is 23.7 Å². The van der Waals surface area contributed by atoms with Crippen molar-refractivity contribution < 1.29 is 37.4 Å². The maximum absolute atomic E-state index is 12.6. The van der Waals surface area contributed by atoms with Crippen molar-refractivity contribution in [3.05, 3.63) is 94.1 Å². The second kappa shape index (κ2) is 16.4. The predicted molar refractivity (Wildman–Crippen MR) is 177 cm³/mol.